The lowest BCUT2D eigenvalue weighted by Crippen LogP contribution is -2.33. The van der Waals surface area contributed by atoms with Gasteiger partial charge in [0, 0.05) is 24.0 Å². The number of rotatable bonds is 8. The number of aromatic nitrogens is 1. The van der Waals surface area contributed by atoms with Crippen molar-refractivity contribution in [3.8, 4) is 34.3 Å². The molecule has 0 saturated carbocycles. The number of ether oxygens (including phenoxy) is 4. The fourth-order valence-electron chi connectivity index (χ4n) is 4.62. The molecule has 3 aromatic rings. The molecule has 0 fully saturated rings. The van der Waals surface area contributed by atoms with E-state index in [1.807, 2.05) is 12.1 Å². The number of unbranched alkanes of at least 4 members (excludes halogenated alkanes) is 1. The van der Waals surface area contributed by atoms with Crippen LogP contribution in [0.25, 0.3) is 22.0 Å². The van der Waals surface area contributed by atoms with Crippen molar-refractivity contribution in [3.05, 3.63) is 45.7 Å². The Bertz CT molecular complexity index is 1310. The maximum atomic E-state index is 13.8. The van der Waals surface area contributed by atoms with E-state index in [2.05, 4.69) is 12.2 Å². The lowest BCUT2D eigenvalue weighted by Gasteiger charge is -2.27. The Morgan fingerprint density at radius 1 is 1.00 bits per heavy atom. The predicted octanol–water partition coefficient (Wildman–Crippen LogP) is 3.79. The van der Waals surface area contributed by atoms with Crippen LogP contribution in [0.1, 0.15) is 35.7 Å². The zero-order chi connectivity index (χ0) is 24.4. The van der Waals surface area contributed by atoms with Crippen LogP contribution in [0, 0.1) is 0 Å². The summed E-state index contributed by atoms with van der Waals surface area (Å²) in [5, 5.41) is 3.88. The average molecular weight is 467 g/mol. The molecule has 1 amide bonds. The summed E-state index contributed by atoms with van der Waals surface area (Å²) in [4.78, 5) is 27.4. The monoisotopic (exact) mass is 466 g/mol. The van der Waals surface area contributed by atoms with Crippen molar-refractivity contribution >= 4 is 16.7 Å². The minimum atomic E-state index is -0.239. The Balaban J connectivity index is 2.10. The zero-order valence-electron chi connectivity index (χ0n) is 20.2. The van der Waals surface area contributed by atoms with Gasteiger partial charge in [0.05, 0.1) is 45.1 Å². The molecule has 4 rings (SSSR count). The number of carbonyl (C=O) groups is 1. The molecule has 0 atom stereocenters. The summed E-state index contributed by atoms with van der Waals surface area (Å²) in [6.45, 7) is 3.03. The highest BCUT2D eigenvalue weighted by molar-refractivity contribution is 6.13. The highest BCUT2D eigenvalue weighted by atomic mass is 16.5. The summed E-state index contributed by atoms with van der Waals surface area (Å²) in [6, 6.07) is 7.23. The Morgan fingerprint density at radius 2 is 1.71 bits per heavy atom. The van der Waals surface area contributed by atoms with Gasteiger partial charge in [-0.25, -0.2) is 0 Å². The molecule has 1 aromatic heterocycles. The normalized spacial score (nSPS) is 12.0. The van der Waals surface area contributed by atoms with Crippen molar-refractivity contribution in [3.63, 3.8) is 0 Å². The SMILES string of the molecule is CCCCNC(=O)c1c2n(c(=O)c3c(OC)c(OC)ccc13)CCc1cc(OC)c(OC)cc1-2. The van der Waals surface area contributed by atoms with Crippen molar-refractivity contribution in [2.45, 2.75) is 32.7 Å². The highest BCUT2D eigenvalue weighted by Crippen LogP contribution is 2.43. The van der Waals surface area contributed by atoms with Crippen LogP contribution < -0.4 is 29.8 Å². The summed E-state index contributed by atoms with van der Waals surface area (Å²) in [6.07, 6.45) is 2.42. The fourth-order valence-corrected chi connectivity index (χ4v) is 4.62. The minimum absolute atomic E-state index is 0.230. The van der Waals surface area contributed by atoms with Crippen LogP contribution in [0.5, 0.6) is 23.0 Å². The maximum absolute atomic E-state index is 13.8. The van der Waals surface area contributed by atoms with Crippen LogP contribution in [0.4, 0.5) is 0 Å². The Morgan fingerprint density at radius 3 is 2.35 bits per heavy atom. The molecule has 1 aliphatic heterocycles. The smallest absolute Gasteiger partial charge is 0.262 e. The van der Waals surface area contributed by atoms with E-state index in [1.165, 1.54) is 14.2 Å². The van der Waals surface area contributed by atoms with Gasteiger partial charge < -0.3 is 28.8 Å². The molecule has 180 valence electrons. The van der Waals surface area contributed by atoms with E-state index in [1.54, 1.807) is 30.9 Å². The van der Waals surface area contributed by atoms with Crippen LogP contribution >= 0.6 is 0 Å². The molecule has 8 heteroatoms. The van der Waals surface area contributed by atoms with Gasteiger partial charge in [-0.15, -0.1) is 0 Å². The number of amides is 1. The van der Waals surface area contributed by atoms with Gasteiger partial charge in [0.1, 0.15) is 0 Å². The molecule has 34 heavy (non-hydrogen) atoms. The first-order valence-electron chi connectivity index (χ1n) is 11.4. The molecular weight excluding hydrogens is 436 g/mol. The molecule has 0 aliphatic carbocycles. The lowest BCUT2D eigenvalue weighted by atomic mass is 9.90. The van der Waals surface area contributed by atoms with E-state index in [9.17, 15) is 9.59 Å². The molecule has 0 unspecified atom stereocenters. The van der Waals surface area contributed by atoms with Crippen LogP contribution in [0.15, 0.2) is 29.1 Å². The molecule has 0 spiro atoms. The molecular formula is C26H30N2O6. The van der Waals surface area contributed by atoms with Gasteiger partial charge in [-0.2, -0.15) is 0 Å². The lowest BCUT2D eigenvalue weighted by molar-refractivity contribution is 0.0954. The Kier molecular flexibility index (Phi) is 6.68. The van der Waals surface area contributed by atoms with Gasteiger partial charge in [-0.05, 0) is 42.7 Å². The topological polar surface area (TPSA) is 88.0 Å². The van der Waals surface area contributed by atoms with Gasteiger partial charge in [0.25, 0.3) is 11.5 Å². The van der Waals surface area contributed by atoms with E-state index < -0.39 is 0 Å². The first-order chi connectivity index (χ1) is 16.5. The summed E-state index contributed by atoms with van der Waals surface area (Å²) < 4.78 is 23.7. The Labute approximate surface area is 198 Å². The number of pyridine rings is 1. The van der Waals surface area contributed by atoms with Crippen molar-refractivity contribution < 1.29 is 23.7 Å². The van der Waals surface area contributed by atoms with Crippen molar-refractivity contribution in [2.24, 2.45) is 0 Å². The first-order valence-corrected chi connectivity index (χ1v) is 11.4. The summed E-state index contributed by atoms with van der Waals surface area (Å²) >= 11 is 0. The molecule has 0 bridgehead atoms. The van der Waals surface area contributed by atoms with E-state index >= 15 is 0 Å². The fraction of sp³-hybridized carbons (Fsp3) is 0.385. The number of aryl methyl sites for hydroxylation is 1. The van der Waals surface area contributed by atoms with Gasteiger partial charge >= 0.3 is 0 Å². The molecule has 2 aromatic carbocycles. The molecule has 0 radical (unpaired) electrons. The quantitative estimate of drug-likeness (QED) is 0.508. The van der Waals surface area contributed by atoms with Crippen LogP contribution in [0.3, 0.4) is 0 Å². The molecule has 2 heterocycles. The Hall–Kier alpha value is -3.68. The third-order valence-corrected chi connectivity index (χ3v) is 6.29. The van der Waals surface area contributed by atoms with Crippen LogP contribution in [0.2, 0.25) is 0 Å². The van der Waals surface area contributed by atoms with Crippen molar-refractivity contribution in [2.75, 3.05) is 35.0 Å². The number of hydrogen-bond acceptors (Lipinski definition) is 6. The summed E-state index contributed by atoms with van der Waals surface area (Å²) in [5.41, 5.74) is 2.53. The third kappa shape index (κ3) is 3.73. The maximum Gasteiger partial charge on any atom is 0.262 e. The minimum Gasteiger partial charge on any atom is -0.493 e. The highest BCUT2D eigenvalue weighted by Gasteiger charge is 2.30. The van der Waals surface area contributed by atoms with E-state index in [-0.39, 0.29) is 11.5 Å². The second kappa shape index (κ2) is 9.67. The molecule has 0 saturated heterocycles. The van der Waals surface area contributed by atoms with Gasteiger partial charge in [0.15, 0.2) is 23.0 Å². The zero-order valence-corrected chi connectivity index (χ0v) is 20.2. The van der Waals surface area contributed by atoms with Crippen molar-refractivity contribution in [1.82, 2.24) is 9.88 Å². The first kappa shape index (κ1) is 23.5. The van der Waals surface area contributed by atoms with E-state index in [4.69, 9.17) is 18.9 Å². The van der Waals surface area contributed by atoms with E-state index in [0.717, 1.165) is 24.0 Å². The van der Waals surface area contributed by atoms with Crippen LogP contribution in [-0.2, 0) is 13.0 Å². The number of benzene rings is 2. The molecule has 1 aliphatic rings. The van der Waals surface area contributed by atoms with E-state index in [0.29, 0.717) is 64.5 Å². The number of carbonyl (C=O) groups excluding carboxylic acids is 1. The predicted molar refractivity (Wildman–Crippen MR) is 131 cm³/mol. The standard InChI is InChI=1S/C26H30N2O6/c1-6-7-11-27-25(29)21-16-8-9-18(31-2)24(34-5)22(16)26(30)28-12-10-15-13-19(32-3)20(33-4)14-17(15)23(21)28/h8-9,13-14H,6-7,10-12H2,1-5H3,(H,27,29). The van der Waals surface area contributed by atoms with Gasteiger partial charge in [-0.1, -0.05) is 13.3 Å². The number of hydrogen-bond donors (Lipinski definition) is 1. The number of fused-ring (bicyclic) bond motifs is 4. The molecule has 8 nitrogen and oxygen atoms in total. The number of nitrogens with one attached hydrogen (secondary N) is 1. The molecule has 1 N–H and O–H groups in total. The third-order valence-electron chi connectivity index (χ3n) is 6.29. The second-order valence-corrected chi connectivity index (χ2v) is 8.13. The number of nitrogens with zero attached hydrogens (tertiary/aromatic N) is 1. The van der Waals surface area contributed by atoms with Crippen LogP contribution in [-0.4, -0.2) is 45.5 Å². The van der Waals surface area contributed by atoms with Gasteiger partial charge in [-0.3, -0.25) is 9.59 Å². The van der Waals surface area contributed by atoms with Crippen molar-refractivity contribution in [1.29, 1.82) is 0 Å². The second-order valence-electron chi connectivity index (χ2n) is 8.13. The van der Waals surface area contributed by atoms with Gasteiger partial charge in [0.2, 0.25) is 0 Å². The largest absolute Gasteiger partial charge is 0.493 e. The average Bonchev–Trinajstić information content (AvgIpc) is 2.87. The summed E-state index contributed by atoms with van der Waals surface area (Å²) in [5.74, 6) is 1.66. The number of methoxy groups -OCH3 is 4. The summed E-state index contributed by atoms with van der Waals surface area (Å²) in [7, 11) is 6.17.